The third-order valence-electron chi connectivity index (χ3n) is 7.43. The van der Waals surface area contributed by atoms with Gasteiger partial charge in [0, 0.05) is 25.7 Å². The summed E-state index contributed by atoms with van der Waals surface area (Å²) >= 11 is 0. The third kappa shape index (κ3) is 4.13. The molecule has 4 heteroatoms. The molecular formula is C24H37N3O. The summed E-state index contributed by atoms with van der Waals surface area (Å²) in [7, 11) is 0. The van der Waals surface area contributed by atoms with Crippen LogP contribution in [0.5, 0.6) is 0 Å². The van der Waals surface area contributed by atoms with E-state index in [9.17, 15) is 4.79 Å². The summed E-state index contributed by atoms with van der Waals surface area (Å²) in [6, 6.07) is 11.3. The van der Waals surface area contributed by atoms with Gasteiger partial charge in [0.15, 0.2) is 0 Å². The molecule has 0 radical (unpaired) electrons. The van der Waals surface area contributed by atoms with Gasteiger partial charge in [-0.25, -0.2) is 0 Å². The molecule has 4 nitrogen and oxygen atoms in total. The molecule has 154 valence electrons. The highest BCUT2D eigenvalue weighted by Gasteiger charge is 2.44. The third-order valence-corrected chi connectivity index (χ3v) is 7.43. The molecule has 1 amide bonds. The predicted molar refractivity (Wildman–Crippen MR) is 114 cm³/mol. The molecule has 0 bridgehead atoms. The number of nitrogens with one attached hydrogen (secondary N) is 1. The highest BCUT2D eigenvalue weighted by molar-refractivity contribution is 5.88. The molecule has 0 aliphatic carbocycles. The van der Waals surface area contributed by atoms with E-state index in [-0.39, 0.29) is 5.41 Å². The van der Waals surface area contributed by atoms with Crippen LogP contribution in [0, 0.1) is 5.92 Å². The van der Waals surface area contributed by atoms with Gasteiger partial charge in [-0.15, -0.1) is 0 Å². The fourth-order valence-corrected chi connectivity index (χ4v) is 5.70. The number of hydrogen-bond acceptors (Lipinski definition) is 3. The van der Waals surface area contributed by atoms with E-state index >= 15 is 0 Å². The maximum atomic E-state index is 13.9. The summed E-state index contributed by atoms with van der Waals surface area (Å²) in [6.45, 7) is 8.55. The van der Waals surface area contributed by atoms with E-state index in [1.165, 1.54) is 44.3 Å². The van der Waals surface area contributed by atoms with Crippen molar-refractivity contribution in [2.45, 2.75) is 63.3 Å². The van der Waals surface area contributed by atoms with Crippen LogP contribution < -0.4 is 5.32 Å². The number of amides is 1. The second-order valence-electron chi connectivity index (χ2n) is 9.30. The number of piperidine rings is 3. The fourth-order valence-electron chi connectivity index (χ4n) is 5.70. The smallest absolute Gasteiger partial charge is 0.233 e. The average Bonchev–Trinajstić information content (AvgIpc) is 2.76. The van der Waals surface area contributed by atoms with Crippen LogP contribution in [-0.4, -0.2) is 61.0 Å². The summed E-state index contributed by atoms with van der Waals surface area (Å²) in [6.07, 6.45) is 8.30. The minimum atomic E-state index is -0.327. The maximum absolute atomic E-state index is 13.9. The van der Waals surface area contributed by atoms with Gasteiger partial charge in [-0.3, -0.25) is 4.79 Å². The molecule has 3 aliphatic heterocycles. The van der Waals surface area contributed by atoms with Crippen molar-refractivity contribution < 1.29 is 4.79 Å². The molecule has 1 aromatic carbocycles. The van der Waals surface area contributed by atoms with Gasteiger partial charge >= 0.3 is 0 Å². The van der Waals surface area contributed by atoms with Crippen molar-refractivity contribution in [3.8, 4) is 0 Å². The largest absolute Gasteiger partial charge is 0.342 e. The second kappa shape index (κ2) is 8.96. The Morgan fingerprint density at radius 2 is 1.86 bits per heavy atom. The van der Waals surface area contributed by atoms with Crippen LogP contribution in [0.3, 0.4) is 0 Å². The number of carbonyl (C=O) groups excluding carboxylic acids is 1. The zero-order valence-corrected chi connectivity index (χ0v) is 17.5. The summed E-state index contributed by atoms with van der Waals surface area (Å²) < 4.78 is 0. The first-order valence-electron chi connectivity index (χ1n) is 11.5. The quantitative estimate of drug-likeness (QED) is 0.865. The first-order chi connectivity index (χ1) is 13.7. The molecule has 3 heterocycles. The molecule has 1 aromatic rings. The molecule has 3 fully saturated rings. The van der Waals surface area contributed by atoms with Gasteiger partial charge in [0.05, 0.1) is 5.41 Å². The molecule has 4 rings (SSSR count). The van der Waals surface area contributed by atoms with Crippen molar-refractivity contribution in [3.05, 3.63) is 35.9 Å². The number of nitrogens with zero attached hydrogens (tertiary/aromatic N) is 2. The zero-order valence-electron chi connectivity index (χ0n) is 17.5. The average molecular weight is 384 g/mol. The van der Waals surface area contributed by atoms with Gasteiger partial charge < -0.3 is 15.1 Å². The van der Waals surface area contributed by atoms with E-state index in [0.29, 0.717) is 17.9 Å². The molecular weight excluding hydrogens is 346 g/mol. The van der Waals surface area contributed by atoms with E-state index in [1.807, 2.05) is 0 Å². The van der Waals surface area contributed by atoms with Crippen LogP contribution in [0.25, 0.3) is 0 Å². The number of hydrogen-bond donors (Lipinski definition) is 1. The van der Waals surface area contributed by atoms with Crippen molar-refractivity contribution in [3.63, 3.8) is 0 Å². The lowest BCUT2D eigenvalue weighted by atomic mass is 9.71. The van der Waals surface area contributed by atoms with Crippen molar-refractivity contribution in [2.24, 2.45) is 5.92 Å². The van der Waals surface area contributed by atoms with Crippen molar-refractivity contribution in [1.82, 2.24) is 15.1 Å². The Labute approximate surface area is 170 Å². The van der Waals surface area contributed by atoms with Crippen LogP contribution in [0.4, 0.5) is 0 Å². The summed E-state index contributed by atoms with van der Waals surface area (Å²) in [5.74, 6) is 1.02. The summed E-state index contributed by atoms with van der Waals surface area (Å²) in [5.41, 5.74) is 0.889. The molecule has 1 N–H and O–H groups in total. The van der Waals surface area contributed by atoms with Gasteiger partial charge in [0.1, 0.15) is 0 Å². The van der Waals surface area contributed by atoms with Crippen LogP contribution in [0.1, 0.15) is 57.4 Å². The first kappa shape index (κ1) is 19.9. The highest BCUT2D eigenvalue weighted by atomic mass is 16.2. The summed E-state index contributed by atoms with van der Waals surface area (Å²) in [4.78, 5) is 18.8. The summed E-state index contributed by atoms with van der Waals surface area (Å²) in [5, 5.41) is 3.46. The van der Waals surface area contributed by atoms with Gasteiger partial charge in [-0.1, -0.05) is 36.8 Å². The molecule has 0 unspecified atom stereocenters. The molecule has 3 aliphatic rings. The van der Waals surface area contributed by atoms with E-state index in [1.54, 1.807) is 0 Å². The van der Waals surface area contributed by atoms with Crippen molar-refractivity contribution >= 4 is 5.91 Å². The molecule has 2 atom stereocenters. The van der Waals surface area contributed by atoms with E-state index in [0.717, 1.165) is 45.4 Å². The minimum absolute atomic E-state index is 0.327. The van der Waals surface area contributed by atoms with Gasteiger partial charge in [-0.2, -0.15) is 0 Å². The topological polar surface area (TPSA) is 35.6 Å². The predicted octanol–water partition coefficient (Wildman–Crippen LogP) is 3.42. The van der Waals surface area contributed by atoms with Crippen LogP contribution in [-0.2, 0) is 10.2 Å². The lowest BCUT2D eigenvalue weighted by molar-refractivity contribution is -0.140. The molecule has 0 spiro atoms. The normalized spacial score (nSPS) is 28.8. The zero-order chi connectivity index (χ0) is 19.4. The van der Waals surface area contributed by atoms with Crippen molar-refractivity contribution in [1.29, 1.82) is 0 Å². The Hall–Kier alpha value is -1.39. The number of rotatable bonds is 4. The highest BCUT2D eigenvalue weighted by Crippen LogP contribution is 2.37. The van der Waals surface area contributed by atoms with Gasteiger partial charge in [-0.05, 0) is 76.6 Å². The number of carbonyl (C=O) groups is 1. The SMILES string of the molecule is C[C@H]1CCCCN1C[C@@H]1CCCN(C(=O)C2(c3ccccc3)CCNCC2)C1. The van der Waals surface area contributed by atoms with Gasteiger partial charge in [0.25, 0.3) is 0 Å². The van der Waals surface area contributed by atoms with E-state index < -0.39 is 0 Å². The Kier molecular flexibility index (Phi) is 6.37. The lowest BCUT2D eigenvalue weighted by Crippen LogP contribution is -2.55. The molecule has 28 heavy (non-hydrogen) atoms. The standard InChI is InChI=1S/C24H37N3O/c1-20-8-5-6-16-26(20)18-21-9-7-17-27(19-21)23(28)24(12-14-25-15-13-24)22-10-3-2-4-11-22/h2-4,10-11,20-21,25H,5-9,12-19H2,1H3/t20-,21-/m0/s1. The van der Waals surface area contributed by atoms with Crippen molar-refractivity contribution in [2.75, 3.05) is 39.3 Å². The Morgan fingerprint density at radius 1 is 1.07 bits per heavy atom. The lowest BCUT2D eigenvalue weighted by Gasteiger charge is -2.44. The molecule has 3 saturated heterocycles. The Morgan fingerprint density at radius 3 is 2.61 bits per heavy atom. The van der Waals surface area contributed by atoms with E-state index in [4.69, 9.17) is 0 Å². The fraction of sp³-hybridized carbons (Fsp3) is 0.708. The monoisotopic (exact) mass is 383 g/mol. The molecule has 0 aromatic heterocycles. The van der Waals surface area contributed by atoms with Crippen LogP contribution in [0.15, 0.2) is 30.3 Å². The Bertz CT molecular complexity index is 641. The molecule has 0 saturated carbocycles. The van der Waals surface area contributed by atoms with Gasteiger partial charge in [0.2, 0.25) is 5.91 Å². The first-order valence-corrected chi connectivity index (χ1v) is 11.5. The minimum Gasteiger partial charge on any atom is -0.342 e. The van der Waals surface area contributed by atoms with Crippen LogP contribution >= 0.6 is 0 Å². The number of benzene rings is 1. The second-order valence-corrected chi connectivity index (χ2v) is 9.30. The Balaban J connectivity index is 1.47. The maximum Gasteiger partial charge on any atom is 0.233 e. The number of likely N-dealkylation sites (tertiary alicyclic amines) is 2. The van der Waals surface area contributed by atoms with E-state index in [2.05, 4.69) is 52.4 Å². The van der Waals surface area contributed by atoms with Crippen LogP contribution in [0.2, 0.25) is 0 Å².